The van der Waals surface area contributed by atoms with E-state index in [1.807, 2.05) is 0 Å². The van der Waals surface area contributed by atoms with E-state index in [-0.39, 0.29) is 32.0 Å². The molecule has 11 heteroatoms. The molecule has 1 amide bonds. The molecule has 0 rings (SSSR count). The molecule has 0 aromatic heterocycles. The van der Waals surface area contributed by atoms with Crippen molar-refractivity contribution < 1.29 is 27.9 Å². The van der Waals surface area contributed by atoms with Gasteiger partial charge in [-0.15, -0.1) is 0 Å². The van der Waals surface area contributed by atoms with Crippen molar-refractivity contribution >= 4 is 22.1 Å². The van der Waals surface area contributed by atoms with Gasteiger partial charge in [-0.1, -0.05) is 5.16 Å². The first-order chi connectivity index (χ1) is 9.72. The van der Waals surface area contributed by atoms with Crippen molar-refractivity contribution in [1.82, 2.24) is 9.03 Å². The number of carbonyl (C=O) groups excluding carboxylic acids is 1. The van der Waals surface area contributed by atoms with Crippen LogP contribution in [0, 0.1) is 0 Å². The first-order valence-corrected chi connectivity index (χ1v) is 7.60. The minimum absolute atomic E-state index is 0.000350. The largest absolute Gasteiger partial charge is 0.446 e. The number of nitrogens with one attached hydrogen (secondary N) is 1. The number of hydrogen-bond donors (Lipinski definition) is 3. The van der Waals surface area contributed by atoms with E-state index in [2.05, 4.69) is 5.16 Å². The Kier molecular flexibility index (Phi) is 8.66. The maximum Gasteiger partial charge on any atom is 0.422 e. The van der Waals surface area contributed by atoms with Crippen LogP contribution < -0.4 is 10.5 Å². The number of nitrogens with two attached hydrogens (primary N) is 1. The second-order valence-corrected chi connectivity index (χ2v) is 5.97. The van der Waals surface area contributed by atoms with Crippen LogP contribution in [0.25, 0.3) is 0 Å². The molecule has 0 atom stereocenters. The lowest BCUT2D eigenvalue weighted by Gasteiger charge is -2.21. The van der Waals surface area contributed by atoms with Crippen LogP contribution in [0.5, 0.6) is 0 Å². The molecule has 0 saturated carbocycles. The molecule has 0 bridgehead atoms. The fourth-order valence-corrected chi connectivity index (χ4v) is 2.28. The van der Waals surface area contributed by atoms with Gasteiger partial charge in [-0.05, 0) is 13.8 Å². The molecule has 0 aromatic carbocycles. The van der Waals surface area contributed by atoms with Gasteiger partial charge in [-0.2, -0.15) is 12.7 Å². The van der Waals surface area contributed by atoms with Gasteiger partial charge in [0.25, 0.3) is 0 Å². The Balaban J connectivity index is 4.81. The average Bonchev–Trinajstić information content (AvgIpc) is 2.36. The Morgan fingerprint density at radius 2 is 2.05 bits per heavy atom. The summed E-state index contributed by atoms with van der Waals surface area (Å²) >= 11 is 0. The topological polar surface area (TPSA) is 144 Å². The lowest BCUT2D eigenvalue weighted by molar-refractivity contribution is 0.120. The number of ether oxygens (including phenoxy) is 2. The van der Waals surface area contributed by atoms with Crippen molar-refractivity contribution in [3.8, 4) is 0 Å². The number of hydrogen-bond acceptors (Lipinski definition) is 7. The fraction of sp³-hybridized carbons (Fsp3) is 0.800. The molecule has 0 aliphatic heterocycles. The van der Waals surface area contributed by atoms with Gasteiger partial charge in [0.2, 0.25) is 0 Å². The number of amides is 1. The first-order valence-electron chi connectivity index (χ1n) is 6.16. The van der Waals surface area contributed by atoms with E-state index >= 15 is 0 Å². The van der Waals surface area contributed by atoms with Gasteiger partial charge >= 0.3 is 16.3 Å². The zero-order valence-corrected chi connectivity index (χ0v) is 13.1. The Morgan fingerprint density at radius 1 is 1.43 bits per heavy atom. The maximum absolute atomic E-state index is 12.0. The highest BCUT2D eigenvalue weighted by Gasteiger charge is 2.25. The van der Waals surface area contributed by atoms with Gasteiger partial charge in [0, 0.05) is 26.6 Å². The smallest absolute Gasteiger partial charge is 0.422 e. The summed E-state index contributed by atoms with van der Waals surface area (Å²) in [5.74, 6) is -0.127. The second kappa shape index (κ2) is 9.37. The number of carbonyl (C=O) groups is 1. The Bertz CT molecular complexity index is 450. The van der Waals surface area contributed by atoms with E-state index in [0.29, 0.717) is 0 Å². The van der Waals surface area contributed by atoms with E-state index in [1.54, 1.807) is 18.6 Å². The van der Waals surface area contributed by atoms with Crippen molar-refractivity contribution in [2.24, 2.45) is 10.9 Å². The van der Waals surface area contributed by atoms with Crippen LogP contribution in [-0.4, -0.2) is 62.8 Å². The van der Waals surface area contributed by atoms with Crippen LogP contribution in [-0.2, 0) is 19.7 Å². The molecule has 0 unspecified atom stereocenters. The zero-order chi connectivity index (χ0) is 16.5. The number of amidine groups is 1. The van der Waals surface area contributed by atoms with Gasteiger partial charge in [0.1, 0.15) is 5.84 Å². The molecule has 124 valence electrons. The molecular formula is C10H22N4O6S. The highest BCUT2D eigenvalue weighted by molar-refractivity contribution is 7.87. The van der Waals surface area contributed by atoms with Crippen LogP contribution >= 0.6 is 0 Å². The van der Waals surface area contributed by atoms with Crippen LogP contribution in [0.1, 0.15) is 20.3 Å². The average molecular weight is 326 g/mol. The minimum Gasteiger partial charge on any atom is -0.446 e. The van der Waals surface area contributed by atoms with E-state index in [4.69, 9.17) is 20.4 Å². The minimum atomic E-state index is -4.11. The van der Waals surface area contributed by atoms with Gasteiger partial charge in [-0.3, -0.25) is 0 Å². The van der Waals surface area contributed by atoms with Gasteiger partial charge < -0.3 is 20.4 Å². The summed E-state index contributed by atoms with van der Waals surface area (Å²) in [7, 11) is -2.70. The molecule has 0 aromatic rings. The molecule has 0 aliphatic rings. The molecule has 0 aliphatic carbocycles. The van der Waals surface area contributed by atoms with Crippen molar-refractivity contribution in [2.75, 3.05) is 26.8 Å². The highest BCUT2D eigenvalue weighted by atomic mass is 32.2. The Morgan fingerprint density at radius 3 is 2.52 bits per heavy atom. The fourth-order valence-electron chi connectivity index (χ4n) is 1.24. The van der Waals surface area contributed by atoms with Crippen LogP contribution in [0.15, 0.2) is 5.16 Å². The zero-order valence-electron chi connectivity index (χ0n) is 12.3. The number of rotatable bonds is 9. The van der Waals surface area contributed by atoms with Crippen molar-refractivity contribution in [3.63, 3.8) is 0 Å². The molecule has 0 saturated heterocycles. The molecule has 0 fully saturated rings. The van der Waals surface area contributed by atoms with E-state index < -0.39 is 22.4 Å². The standard InChI is InChI=1S/C10H22N4O6S/c1-8(2)20-10(15)13-21(17,18)14(6-7-19-3)5-4-9(11)12-16/h8,16H,4-7H2,1-3H3,(H2,11,12)(H,13,15). The van der Waals surface area contributed by atoms with Crippen LogP contribution in [0.2, 0.25) is 0 Å². The van der Waals surface area contributed by atoms with Gasteiger partial charge in [0.15, 0.2) is 0 Å². The number of nitrogens with zero attached hydrogens (tertiary/aromatic N) is 2. The maximum atomic E-state index is 12.0. The lowest BCUT2D eigenvalue weighted by Crippen LogP contribution is -2.46. The molecule has 21 heavy (non-hydrogen) atoms. The molecule has 0 heterocycles. The quantitative estimate of drug-likeness (QED) is 0.223. The highest BCUT2D eigenvalue weighted by Crippen LogP contribution is 2.02. The Hall–Kier alpha value is -1.59. The van der Waals surface area contributed by atoms with Crippen molar-refractivity contribution in [3.05, 3.63) is 0 Å². The van der Waals surface area contributed by atoms with Gasteiger partial charge in [0.05, 0.1) is 12.7 Å². The predicted molar refractivity (Wildman–Crippen MR) is 75.1 cm³/mol. The van der Waals surface area contributed by atoms with E-state index in [1.165, 1.54) is 7.11 Å². The van der Waals surface area contributed by atoms with Crippen LogP contribution in [0.4, 0.5) is 4.79 Å². The summed E-state index contributed by atoms with van der Waals surface area (Å²) in [5, 5.41) is 11.2. The molecule has 10 nitrogen and oxygen atoms in total. The number of methoxy groups -OCH3 is 1. The van der Waals surface area contributed by atoms with E-state index in [9.17, 15) is 13.2 Å². The molecule has 0 radical (unpaired) electrons. The normalized spacial score (nSPS) is 12.7. The van der Waals surface area contributed by atoms with Crippen molar-refractivity contribution in [2.45, 2.75) is 26.4 Å². The summed E-state index contributed by atoms with van der Waals surface area (Å²) in [5.41, 5.74) is 5.30. The number of oxime groups is 1. The molecular weight excluding hydrogens is 304 g/mol. The van der Waals surface area contributed by atoms with Crippen molar-refractivity contribution in [1.29, 1.82) is 0 Å². The summed E-state index contributed by atoms with van der Waals surface area (Å²) < 4.78 is 36.3. The Labute approximate surface area is 124 Å². The molecule has 0 spiro atoms. The summed E-state index contributed by atoms with van der Waals surface area (Å²) in [6.45, 7) is 3.22. The van der Waals surface area contributed by atoms with E-state index in [0.717, 1.165) is 4.31 Å². The second-order valence-electron chi connectivity index (χ2n) is 4.29. The summed E-state index contributed by atoms with van der Waals surface area (Å²) in [6.07, 6.45) is -1.53. The van der Waals surface area contributed by atoms with Crippen LogP contribution in [0.3, 0.4) is 0 Å². The monoisotopic (exact) mass is 326 g/mol. The first kappa shape index (κ1) is 19.4. The SMILES string of the molecule is COCCN(CCC(N)=NO)S(=O)(=O)NC(=O)OC(C)C. The third kappa shape index (κ3) is 8.32. The third-order valence-electron chi connectivity index (χ3n) is 2.19. The molecule has 4 N–H and O–H groups in total. The predicted octanol–water partition coefficient (Wildman–Crippen LogP) is -0.549. The summed E-state index contributed by atoms with van der Waals surface area (Å²) in [6, 6.07) is 0. The summed E-state index contributed by atoms with van der Waals surface area (Å²) in [4.78, 5) is 11.4. The lowest BCUT2D eigenvalue weighted by atomic mass is 10.4. The third-order valence-corrected chi connectivity index (χ3v) is 3.66. The van der Waals surface area contributed by atoms with Gasteiger partial charge in [-0.25, -0.2) is 9.52 Å².